The van der Waals surface area contributed by atoms with Crippen molar-refractivity contribution in [3.63, 3.8) is 0 Å². The quantitative estimate of drug-likeness (QED) is 0.650. The van der Waals surface area contributed by atoms with Gasteiger partial charge in [-0.25, -0.2) is 14.9 Å². The van der Waals surface area contributed by atoms with E-state index in [9.17, 15) is 18.0 Å². The van der Waals surface area contributed by atoms with Crippen LogP contribution in [0.3, 0.4) is 0 Å². The highest BCUT2D eigenvalue weighted by Gasteiger charge is 2.48. The lowest BCUT2D eigenvalue weighted by atomic mass is 10.0. The molecule has 1 aliphatic carbocycles. The summed E-state index contributed by atoms with van der Waals surface area (Å²) < 4.78 is 40.7. The van der Waals surface area contributed by atoms with Crippen LogP contribution in [0.15, 0.2) is 30.7 Å². The molecule has 1 amide bonds. The summed E-state index contributed by atoms with van der Waals surface area (Å²) in [6.07, 6.45) is 0.260. The van der Waals surface area contributed by atoms with Gasteiger partial charge in [0.1, 0.15) is 11.6 Å². The van der Waals surface area contributed by atoms with Crippen LogP contribution in [0.5, 0.6) is 0 Å². The molecule has 3 aromatic rings. The Hall–Kier alpha value is -3.43. The van der Waals surface area contributed by atoms with E-state index >= 15 is 0 Å². The van der Waals surface area contributed by atoms with E-state index in [1.807, 2.05) is 0 Å². The Morgan fingerprint density at radius 3 is 2.55 bits per heavy atom. The molecule has 0 bridgehead atoms. The molecule has 150 valence electrons. The van der Waals surface area contributed by atoms with Crippen LogP contribution in [0.1, 0.15) is 18.4 Å². The molecule has 10 heteroatoms. The third-order valence-electron chi connectivity index (χ3n) is 4.89. The Labute approximate surface area is 163 Å². The van der Waals surface area contributed by atoms with Gasteiger partial charge < -0.3 is 11.5 Å². The lowest BCUT2D eigenvalue weighted by molar-refractivity contribution is -0.151. The minimum Gasteiger partial charge on any atom is -0.397 e. The van der Waals surface area contributed by atoms with Crippen molar-refractivity contribution < 1.29 is 18.0 Å². The normalized spacial score (nSPS) is 14.2. The van der Waals surface area contributed by atoms with Crippen LogP contribution < -0.4 is 16.4 Å². The first kappa shape index (κ1) is 18.9. The van der Waals surface area contributed by atoms with Crippen molar-refractivity contribution in [2.45, 2.75) is 26.1 Å². The van der Waals surface area contributed by atoms with Crippen LogP contribution >= 0.6 is 0 Å². The molecule has 0 spiro atoms. The van der Waals surface area contributed by atoms with Crippen molar-refractivity contribution in [2.24, 2.45) is 5.92 Å². The van der Waals surface area contributed by atoms with Gasteiger partial charge in [-0.3, -0.25) is 9.78 Å². The molecule has 4 rings (SSSR count). The molecule has 3 heterocycles. The van der Waals surface area contributed by atoms with Gasteiger partial charge in [0.05, 0.1) is 17.6 Å². The highest BCUT2D eigenvalue weighted by atomic mass is 19.4. The number of anilines is 3. The zero-order valence-corrected chi connectivity index (χ0v) is 15.4. The van der Waals surface area contributed by atoms with E-state index < -0.39 is 23.9 Å². The molecule has 4 N–H and O–H groups in total. The lowest BCUT2D eigenvalue weighted by Gasteiger charge is -2.24. The minimum atomic E-state index is -4.88. The molecule has 0 atom stereocenters. The number of pyridine rings is 3. The molecule has 1 fully saturated rings. The third-order valence-corrected chi connectivity index (χ3v) is 4.89. The van der Waals surface area contributed by atoms with Gasteiger partial charge in [0.2, 0.25) is 5.91 Å². The molecule has 3 aromatic heterocycles. The average molecular weight is 402 g/mol. The Bertz CT molecular complexity index is 1130. The molecule has 1 aliphatic rings. The monoisotopic (exact) mass is 402 g/mol. The highest BCUT2D eigenvalue weighted by molar-refractivity contribution is 6.00. The number of nitrogens with two attached hydrogens (primary N) is 2. The third kappa shape index (κ3) is 3.41. The molecular formula is C19H17F3N6O. The van der Waals surface area contributed by atoms with E-state index in [-0.39, 0.29) is 10.7 Å². The second-order valence-corrected chi connectivity index (χ2v) is 6.97. The second kappa shape index (κ2) is 6.57. The zero-order chi connectivity index (χ0) is 20.9. The number of hydrogen-bond acceptors (Lipinski definition) is 6. The fourth-order valence-corrected chi connectivity index (χ4v) is 3.10. The SMILES string of the molecule is Cc1c(N)cncc1-c1cc2cc(N(C(=O)C3CC3)C(F)(F)F)ncc2c(N)n1. The maximum Gasteiger partial charge on any atom is 0.492 e. The van der Waals surface area contributed by atoms with Crippen LogP contribution in [0, 0.1) is 12.8 Å². The fraction of sp³-hybridized carbons (Fsp3) is 0.263. The summed E-state index contributed by atoms with van der Waals surface area (Å²) in [5, 5.41) is 0.755. The Morgan fingerprint density at radius 1 is 1.17 bits per heavy atom. The van der Waals surface area contributed by atoms with Gasteiger partial charge >= 0.3 is 6.30 Å². The Kier molecular flexibility index (Phi) is 4.29. The average Bonchev–Trinajstić information content (AvgIpc) is 3.48. The van der Waals surface area contributed by atoms with Crippen LogP contribution in [0.2, 0.25) is 0 Å². The molecule has 0 aromatic carbocycles. The number of fused-ring (bicyclic) bond motifs is 1. The van der Waals surface area contributed by atoms with Gasteiger partial charge in [-0.05, 0) is 42.8 Å². The molecular weight excluding hydrogens is 385 g/mol. The summed E-state index contributed by atoms with van der Waals surface area (Å²) >= 11 is 0. The first-order chi connectivity index (χ1) is 13.7. The maximum atomic E-state index is 13.6. The number of hydrogen-bond donors (Lipinski definition) is 2. The van der Waals surface area contributed by atoms with E-state index in [4.69, 9.17) is 11.5 Å². The number of carbonyl (C=O) groups excluding carboxylic acids is 1. The van der Waals surface area contributed by atoms with E-state index in [0.717, 1.165) is 5.56 Å². The van der Waals surface area contributed by atoms with Gasteiger partial charge in [0.25, 0.3) is 0 Å². The number of amides is 1. The largest absolute Gasteiger partial charge is 0.492 e. The summed E-state index contributed by atoms with van der Waals surface area (Å²) in [5.41, 5.74) is 14.1. The molecule has 0 radical (unpaired) electrons. The van der Waals surface area contributed by atoms with E-state index in [0.29, 0.717) is 40.6 Å². The topological polar surface area (TPSA) is 111 Å². The van der Waals surface area contributed by atoms with Crippen molar-refractivity contribution >= 4 is 34.0 Å². The molecule has 1 saturated carbocycles. The lowest BCUT2D eigenvalue weighted by Crippen LogP contribution is -2.44. The maximum absolute atomic E-state index is 13.6. The van der Waals surface area contributed by atoms with Gasteiger partial charge in [0, 0.05) is 29.3 Å². The standard InChI is InChI=1S/C19H17F3N6O/c1-9-12(6-25-8-14(9)23)15-4-11-5-16(26-7-13(11)17(24)27-15)28(19(20,21)22)18(29)10-2-3-10/h4-8,10H,2-3,23H2,1H3,(H2,24,27). The van der Waals surface area contributed by atoms with Crippen molar-refractivity contribution in [3.8, 4) is 11.3 Å². The number of halogens is 3. The second-order valence-electron chi connectivity index (χ2n) is 6.97. The summed E-state index contributed by atoms with van der Waals surface area (Å²) in [4.78, 5) is 24.2. The highest BCUT2D eigenvalue weighted by Crippen LogP contribution is 2.38. The number of alkyl halides is 3. The van der Waals surface area contributed by atoms with Gasteiger partial charge in [-0.1, -0.05) is 0 Å². The van der Waals surface area contributed by atoms with Crippen molar-refractivity contribution in [1.29, 1.82) is 0 Å². The summed E-state index contributed by atoms with van der Waals surface area (Å²) in [5.74, 6) is -2.01. The zero-order valence-electron chi connectivity index (χ0n) is 15.4. The molecule has 0 saturated heterocycles. The smallest absolute Gasteiger partial charge is 0.397 e. The van der Waals surface area contributed by atoms with Crippen molar-refractivity contribution in [1.82, 2.24) is 15.0 Å². The van der Waals surface area contributed by atoms with E-state index in [2.05, 4.69) is 15.0 Å². The summed E-state index contributed by atoms with van der Waals surface area (Å²) in [7, 11) is 0. The van der Waals surface area contributed by atoms with E-state index in [1.165, 1.54) is 18.5 Å². The predicted molar refractivity (Wildman–Crippen MR) is 103 cm³/mol. The number of aromatic nitrogens is 3. The van der Waals surface area contributed by atoms with Crippen LogP contribution in [-0.2, 0) is 4.79 Å². The number of rotatable bonds is 3. The number of carbonyl (C=O) groups is 1. The van der Waals surface area contributed by atoms with Crippen LogP contribution in [0.4, 0.5) is 30.5 Å². The first-order valence-electron chi connectivity index (χ1n) is 8.84. The number of nitrogen functional groups attached to an aromatic ring is 2. The number of nitrogens with zero attached hydrogens (tertiary/aromatic N) is 4. The molecule has 0 aliphatic heterocycles. The van der Waals surface area contributed by atoms with Crippen molar-refractivity contribution in [2.75, 3.05) is 16.4 Å². The minimum absolute atomic E-state index is 0.102. The van der Waals surface area contributed by atoms with Gasteiger partial charge in [-0.2, -0.15) is 0 Å². The van der Waals surface area contributed by atoms with Gasteiger partial charge in [-0.15, -0.1) is 13.2 Å². The molecule has 0 unspecified atom stereocenters. The first-order valence-corrected chi connectivity index (χ1v) is 8.84. The van der Waals surface area contributed by atoms with Crippen LogP contribution in [-0.4, -0.2) is 27.2 Å². The molecule has 29 heavy (non-hydrogen) atoms. The Morgan fingerprint density at radius 2 is 1.90 bits per heavy atom. The summed E-state index contributed by atoms with van der Waals surface area (Å²) in [6.45, 7) is 1.78. The summed E-state index contributed by atoms with van der Waals surface area (Å²) in [6, 6.07) is 2.77. The van der Waals surface area contributed by atoms with Crippen molar-refractivity contribution in [3.05, 3.63) is 36.3 Å². The van der Waals surface area contributed by atoms with Crippen LogP contribution in [0.25, 0.3) is 22.0 Å². The van der Waals surface area contributed by atoms with Gasteiger partial charge in [0.15, 0.2) is 0 Å². The van der Waals surface area contributed by atoms with E-state index in [1.54, 1.807) is 19.2 Å². The fourth-order valence-electron chi connectivity index (χ4n) is 3.10. The predicted octanol–water partition coefficient (Wildman–Crippen LogP) is 3.43. The molecule has 7 nitrogen and oxygen atoms in total. The Balaban J connectivity index is 1.86.